The van der Waals surface area contributed by atoms with E-state index in [1.54, 1.807) is 0 Å². The van der Waals surface area contributed by atoms with Crippen molar-refractivity contribution in [3.63, 3.8) is 0 Å². The van der Waals surface area contributed by atoms with Crippen LogP contribution >= 0.6 is 11.6 Å². The van der Waals surface area contributed by atoms with Crippen LogP contribution in [0.25, 0.3) is 0 Å². The fraction of sp³-hybridized carbons (Fsp3) is 0.385. The third-order valence-corrected chi connectivity index (χ3v) is 2.64. The summed E-state index contributed by atoms with van der Waals surface area (Å²) in [4.78, 5) is 4.38. The molecule has 1 aromatic rings. The van der Waals surface area contributed by atoms with Gasteiger partial charge < -0.3 is 5.73 Å². The Hall–Kier alpha value is -1.35. The second-order valence-corrected chi connectivity index (χ2v) is 4.34. The Morgan fingerprint density at radius 2 is 2.00 bits per heavy atom. The average Bonchev–Trinajstić information content (AvgIpc) is 2.30. The second-order valence-electron chi connectivity index (χ2n) is 3.90. The summed E-state index contributed by atoms with van der Waals surface area (Å²) in [5.41, 5.74) is 7.38. The first-order chi connectivity index (χ1) is 8.13. The Labute approximate surface area is 107 Å². The molecule has 0 aliphatic carbocycles. The normalized spacial score (nSPS) is 11.5. The van der Waals surface area contributed by atoms with Crippen molar-refractivity contribution in [3.8, 4) is 0 Å². The number of rotatable bonds is 6. The summed E-state index contributed by atoms with van der Waals surface area (Å²) in [6.45, 7) is 2.41. The van der Waals surface area contributed by atoms with Gasteiger partial charge in [0.05, 0.1) is 6.54 Å². The fourth-order valence-electron chi connectivity index (χ4n) is 1.48. The lowest BCUT2D eigenvalue weighted by Crippen LogP contribution is -2.15. The van der Waals surface area contributed by atoms with Gasteiger partial charge in [0, 0.05) is 10.7 Å². The maximum absolute atomic E-state index is 7.21. The third kappa shape index (κ3) is 5.00. The topological polar surface area (TPSA) is 62.2 Å². The van der Waals surface area contributed by atoms with Crippen LogP contribution in [0.3, 0.4) is 0 Å². The smallest absolute Gasteiger partial charge is 0.113 e. The summed E-state index contributed by atoms with van der Waals surface area (Å²) in [5, 5.41) is 7.93. The predicted molar refractivity (Wildman–Crippen MR) is 74.3 cm³/mol. The zero-order valence-electron chi connectivity index (χ0n) is 10.0. The summed E-state index contributed by atoms with van der Waals surface area (Å²) in [5.74, 6) is 0.0907. The van der Waals surface area contributed by atoms with E-state index in [1.165, 1.54) is 0 Å². The Bertz CT molecular complexity index is 396. The van der Waals surface area contributed by atoms with Crippen molar-refractivity contribution < 1.29 is 0 Å². The van der Waals surface area contributed by atoms with Crippen LogP contribution in [-0.4, -0.2) is 18.1 Å². The first kappa shape index (κ1) is 13.7. The number of benzene rings is 1. The molecule has 0 unspecified atom stereocenters. The minimum absolute atomic E-state index is 0.0907. The highest BCUT2D eigenvalue weighted by Crippen LogP contribution is 2.13. The standard InChI is InChI=1S/C13H18ClN3/c1-2-3-4-12(17-9-13(15)16)10-5-7-11(14)8-6-10/h5-8H,2-4,9H2,1H3,(H3,15,16). The molecule has 1 rings (SSSR count). The molecule has 3 N–H and O–H groups in total. The van der Waals surface area contributed by atoms with Gasteiger partial charge in [0.25, 0.3) is 0 Å². The SMILES string of the molecule is CCCCC(=NCC(=N)N)c1ccc(Cl)cc1. The highest BCUT2D eigenvalue weighted by molar-refractivity contribution is 6.30. The van der Waals surface area contributed by atoms with Crippen molar-refractivity contribution in [2.75, 3.05) is 6.54 Å². The number of nitrogens with one attached hydrogen (secondary N) is 1. The number of hydrogen-bond donors (Lipinski definition) is 2. The van der Waals surface area contributed by atoms with Gasteiger partial charge in [-0.3, -0.25) is 10.4 Å². The van der Waals surface area contributed by atoms with Gasteiger partial charge in [-0.05, 0) is 30.5 Å². The van der Waals surface area contributed by atoms with E-state index in [0.717, 1.165) is 35.6 Å². The summed E-state index contributed by atoms with van der Waals surface area (Å²) in [6.07, 6.45) is 3.11. The lowest BCUT2D eigenvalue weighted by molar-refractivity contribution is 0.833. The molecule has 0 aromatic heterocycles. The van der Waals surface area contributed by atoms with Crippen LogP contribution in [0.5, 0.6) is 0 Å². The molecular formula is C13H18ClN3. The first-order valence-corrected chi connectivity index (χ1v) is 6.13. The lowest BCUT2D eigenvalue weighted by Gasteiger charge is -2.06. The van der Waals surface area contributed by atoms with Gasteiger partial charge in [0.2, 0.25) is 0 Å². The first-order valence-electron chi connectivity index (χ1n) is 5.75. The molecule has 0 amide bonds. The maximum atomic E-state index is 7.21. The van der Waals surface area contributed by atoms with E-state index in [-0.39, 0.29) is 12.4 Å². The van der Waals surface area contributed by atoms with Gasteiger partial charge >= 0.3 is 0 Å². The number of aliphatic imine (C=N–C) groups is 1. The number of hydrogen-bond acceptors (Lipinski definition) is 2. The van der Waals surface area contributed by atoms with E-state index in [0.29, 0.717) is 0 Å². The molecular weight excluding hydrogens is 234 g/mol. The second kappa shape index (κ2) is 7.07. The number of nitrogens with zero attached hydrogens (tertiary/aromatic N) is 1. The fourth-order valence-corrected chi connectivity index (χ4v) is 1.61. The van der Waals surface area contributed by atoms with E-state index < -0.39 is 0 Å². The minimum atomic E-state index is 0.0907. The zero-order chi connectivity index (χ0) is 12.7. The molecule has 0 spiro atoms. The van der Waals surface area contributed by atoms with E-state index >= 15 is 0 Å². The molecule has 92 valence electrons. The van der Waals surface area contributed by atoms with Gasteiger partial charge in [-0.25, -0.2) is 0 Å². The molecule has 0 aliphatic rings. The molecule has 4 heteroatoms. The van der Waals surface area contributed by atoms with E-state index in [2.05, 4.69) is 11.9 Å². The van der Waals surface area contributed by atoms with Crippen molar-refractivity contribution in [1.82, 2.24) is 0 Å². The van der Waals surface area contributed by atoms with Crippen molar-refractivity contribution in [2.45, 2.75) is 26.2 Å². The number of halogens is 1. The number of unbranched alkanes of at least 4 members (excludes halogenated alkanes) is 1. The zero-order valence-corrected chi connectivity index (χ0v) is 10.8. The van der Waals surface area contributed by atoms with Crippen molar-refractivity contribution >= 4 is 23.1 Å². The molecule has 0 saturated carbocycles. The molecule has 0 atom stereocenters. The highest BCUT2D eigenvalue weighted by Gasteiger charge is 2.03. The molecule has 17 heavy (non-hydrogen) atoms. The molecule has 0 fully saturated rings. The van der Waals surface area contributed by atoms with E-state index in [9.17, 15) is 0 Å². The molecule has 1 aromatic carbocycles. The van der Waals surface area contributed by atoms with Gasteiger partial charge in [0.1, 0.15) is 5.84 Å². The van der Waals surface area contributed by atoms with Crippen LogP contribution in [-0.2, 0) is 0 Å². The summed E-state index contributed by atoms with van der Waals surface area (Å²) in [7, 11) is 0. The highest BCUT2D eigenvalue weighted by atomic mass is 35.5. The van der Waals surface area contributed by atoms with Crippen LogP contribution in [0, 0.1) is 5.41 Å². The Morgan fingerprint density at radius 1 is 1.35 bits per heavy atom. The van der Waals surface area contributed by atoms with Crippen molar-refractivity contribution in [3.05, 3.63) is 34.9 Å². The van der Waals surface area contributed by atoms with Crippen LogP contribution < -0.4 is 5.73 Å². The van der Waals surface area contributed by atoms with Crippen LogP contribution in [0.4, 0.5) is 0 Å². The monoisotopic (exact) mass is 251 g/mol. The number of nitrogens with two attached hydrogens (primary N) is 1. The number of amidine groups is 1. The van der Waals surface area contributed by atoms with Crippen LogP contribution in [0.2, 0.25) is 5.02 Å². The maximum Gasteiger partial charge on any atom is 0.113 e. The summed E-state index contributed by atoms with van der Waals surface area (Å²) in [6, 6.07) is 7.62. The van der Waals surface area contributed by atoms with E-state index in [4.69, 9.17) is 22.7 Å². The Morgan fingerprint density at radius 3 is 2.53 bits per heavy atom. The average molecular weight is 252 g/mol. The largest absolute Gasteiger partial charge is 0.386 e. The summed E-state index contributed by atoms with van der Waals surface area (Å²) < 4.78 is 0. The molecule has 0 saturated heterocycles. The van der Waals surface area contributed by atoms with Crippen molar-refractivity contribution in [1.29, 1.82) is 5.41 Å². The lowest BCUT2D eigenvalue weighted by atomic mass is 10.0. The molecule has 0 heterocycles. The quantitative estimate of drug-likeness (QED) is 0.592. The minimum Gasteiger partial charge on any atom is -0.386 e. The van der Waals surface area contributed by atoms with Crippen LogP contribution in [0.15, 0.2) is 29.3 Å². The van der Waals surface area contributed by atoms with Crippen LogP contribution in [0.1, 0.15) is 31.7 Å². The molecule has 0 radical (unpaired) electrons. The molecule has 0 aliphatic heterocycles. The summed E-state index contributed by atoms with van der Waals surface area (Å²) >= 11 is 5.85. The van der Waals surface area contributed by atoms with Gasteiger partial charge in [0.15, 0.2) is 0 Å². The van der Waals surface area contributed by atoms with E-state index in [1.807, 2.05) is 24.3 Å². The molecule has 3 nitrogen and oxygen atoms in total. The molecule has 0 bridgehead atoms. The van der Waals surface area contributed by atoms with Gasteiger partial charge in [-0.1, -0.05) is 37.1 Å². The third-order valence-electron chi connectivity index (χ3n) is 2.38. The van der Waals surface area contributed by atoms with Gasteiger partial charge in [-0.2, -0.15) is 0 Å². The van der Waals surface area contributed by atoms with Gasteiger partial charge in [-0.15, -0.1) is 0 Å². The Kier molecular flexibility index (Phi) is 5.70. The predicted octanol–water partition coefficient (Wildman–Crippen LogP) is 3.26. The van der Waals surface area contributed by atoms with Crippen molar-refractivity contribution in [2.24, 2.45) is 10.7 Å². The Balaban J connectivity index is 2.84.